The Morgan fingerprint density at radius 3 is 2.75 bits per heavy atom. The number of nitrogens with one attached hydrogen (secondary N) is 1. The van der Waals surface area contributed by atoms with Crippen LogP contribution in [0.1, 0.15) is 19.8 Å². The van der Waals surface area contributed by atoms with Gasteiger partial charge < -0.3 is 10.1 Å². The number of halogens is 1. The first-order chi connectivity index (χ1) is 7.79. The third kappa shape index (κ3) is 2.73. The summed E-state index contributed by atoms with van der Waals surface area (Å²) < 4.78 is 18.2. The van der Waals surface area contributed by atoms with Crippen molar-refractivity contribution in [1.29, 1.82) is 0 Å². The molecule has 1 fully saturated rings. The van der Waals surface area contributed by atoms with Crippen molar-refractivity contribution in [3.8, 4) is 0 Å². The maximum atomic E-state index is 12.8. The highest BCUT2D eigenvalue weighted by Crippen LogP contribution is 2.22. The second kappa shape index (κ2) is 5.30. The Morgan fingerprint density at radius 1 is 1.44 bits per heavy atom. The van der Waals surface area contributed by atoms with Gasteiger partial charge in [0.1, 0.15) is 5.82 Å². The lowest BCUT2D eigenvalue weighted by Gasteiger charge is -2.23. The fraction of sp³-hybridized carbons (Fsp3) is 0.538. The van der Waals surface area contributed by atoms with Crippen LogP contribution in [0.4, 0.5) is 10.1 Å². The summed E-state index contributed by atoms with van der Waals surface area (Å²) in [5.74, 6) is 0.387. The number of hydrogen-bond acceptors (Lipinski definition) is 2. The standard InChI is InChI=1S/C13H18FNO/c1-2-13(10-7-8-16-9-10)15-12-5-3-11(14)4-6-12/h3-6,10,13,15H,2,7-9H2,1H3. The molecule has 0 aliphatic carbocycles. The van der Waals surface area contributed by atoms with Gasteiger partial charge >= 0.3 is 0 Å². The zero-order chi connectivity index (χ0) is 11.4. The predicted octanol–water partition coefficient (Wildman–Crippen LogP) is 3.05. The third-order valence-corrected chi connectivity index (χ3v) is 3.17. The Hall–Kier alpha value is -1.09. The van der Waals surface area contributed by atoms with Gasteiger partial charge in [0.15, 0.2) is 0 Å². The maximum Gasteiger partial charge on any atom is 0.123 e. The highest BCUT2D eigenvalue weighted by Gasteiger charge is 2.24. The normalized spacial score (nSPS) is 22.0. The molecule has 0 radical (unpaired) electrons. The molecule has 0 spiro atoms. The van der Waals surface area contributed by atoms with Crippen molar-refractivity contribution in [1.82, 2.24) is 0 Å². The molecule has 16 heavy (non-hydrogen) atoms. The van der Waals surface area contributed by atoms with Crippen molar-refractivity contribution in [2.75, 3.05) is 18.5 Å². The summed E-state index contributed by atoms with van der Waals surface area (Å²) in [5.41, 5.74) is 0.986. The fourth-order valence-electron chi connectivity index (χ4n) is 2.18. The summed E-state index contributed by atoms with van der Waals surface area (Å²) in [6.45, 7) is 3.87. The molecule has 0 amide bonds. The van der Waals surface area contributed by atoms with Crippen LogP contribution in [0.25, 0.3) is 0 Å². The van der Waals surface area contributed by atoms with Crippen molar-refractivity contribution in [2.24, 2.45) is 5.92 Å². The Bertz CT molecular complexity index is 319. The molecular weight excluding hydrogens is 205 g/mol. The quantitative estimate of drug-likeness (QED) is 0.847. The van der Waals surface area contributed by atoms with E-state index in [0.717, 1.165) is 31.7 Å². The van der Waals surface area contributed by atoms with Gasteiger partial charge in [0.25, 0.3) is 0 Å². The second-order valence-corrected chi connectivity index (χ2v) is 4.29. The zero-order valence-corrected chi connectivity index (χ0v) is 9.58. The Morgan fingerprint density at radius 2 is 2.19 bits per heavy atom. The number of benzene rings is 1. The second-order valence-electron chi connectivity index (χ2n) is 4.29. The third-order valence-electron chi connectivity index (χ3n) is 3.17. The van der Waals surface area contributed by atoms with E-state index in [0.29, 0.717) is 12.0 Å². The van der Waals surface area contributed by atoms with Crippen LogP contribution in [-0.4, -0.2) is 19.3 Å². The molecule has 2 rings (SSSR count). The Balaban J connectivity index is 1.97. The summed E-state index contributed by atoms with van der Waals surface area (Å²) in [6.07, 6.45) is 2.18. The lowest BCUT2D eigenvalue weighted by atomic mass is 9.96. The van der Waals surface area contributed by atoms with Gasteiger partial charge in [-0.05, 0) is 37.1 Å². The van der Waals surface area contributed by atoms with Gasteiger partial charge in [-0.25, -0.2) is 4.39 Å². The van der Waals surface area contributed by atoms with Crippen LogP contribution >= 0.6 is 0 Å². The van der Waals surface area contributed by atoms with Gasteiger partial charge in [-0.2, -0.15) is 0 Å². The molecule has 2 nitrogen and oxygen atoms in total. The van der Waals surface area contributed by atoms with Gasteiger partial charge in [0, 0.05) is 24.3 Å². The SMILES string of the molecule is CCC(Nc1ccc(F)cc1)C1CCOC1. The molecule has 1 saturated heterocycles. The fourth-order valence-corrected chi connectivity index (χ4v) is 2.18. The monoisotopic (exact) mass is 223 g/mol. The minimum absolute atomic E-state index is 0.192. The zero-order valence-electron chi connectivity index (χ0n) is 9.58. The first kappa shape index (κ1) is 11.4. The molecule has 1 N–H and O–H groups in total. The topological polar surface area (TPSA) is 21.3 Å². The van der Waals surface area contributed by atoms with Gasteiger partial charge in [0.2, 0.25) is 0 Å². The Labute approximate surface area is 95.8 Å². The summed E-state index contributed by atoms with van der Waals surface area (Å²) >= 11 is 0. The van der Waals surface area contributed by atoms with Gasteiger partial charge in [-0.15, -0.1) is 0 Å². The summed E-state index contributed by atoms with van der Waals surface area (Å²) in [7, 11) is 0. The van der Waals surface area contributed by atoms with E-state index in [-0.39, 0.29) is 5.82 Å². The van der Waals surface area contributed by atoms with Crippen LogP contribution in [0.3, 0.4) is 0 Å². The molecule has 3 heteroatoms. The maximum absolute atomic E-state index is 12.8. The van der Waals surface area contributed by atoms with Crippen molar-refractivity contribution in [3.05, 3.63) is 30.1 Å². The molecule has 0 saturated carbocycles. The van der Waals surface area contributed by atoms with Crippen LogP contribution in [0, 0.1) is 11.7 Å². The molecule has 1 aliphatic heterocycles. The van der Waals surface area contributed by atoms with E-state index in [9.17, 15) is 4.39 Å². The van der Waals surface area contributed by atoms with Gasteiger partial charge in [-0.1, -0.05) is 6.92 Å². The summed E-state index contributed by atoms with van der Waals surface area (Å²) in [4.78, 5) is 0. The van der Waals surface area contributed by atoms with Crippen molar-refractivity contribution < 1.29 is 9.13 Å². The van der Waals surface area contributed by atoms with E-state index in [2.05, 4.69) is 12.2 Å². The molecule has 1 aromatic carbocycles. The number of rotatable bonds is 4. The first-order valence-electron chi connectivity index (χ1n) is 5.89. The van der Waals surface area contributed by atoms with Crippen LogP contribution < -0.4 is 5.32 Å². The van der Waals surface area contributed by atoms with Gasteiger partial charge in [0.05, 0.1) is 6.61 Å². The van der Waals surface area contributed by atoms with Crippen molar-refractivity contribution in [3.63, 3.8) is 0 Å². The van der Waals surface area contributed by atoms with E-state index in [1.807, 2.05) is 0 Å². The lowest BCUT2D eigenvalue weighted by Crippen LogP contribution is -2.28. The summed E-state index contributed by atoms with van der Waals surface area (Å²) in [5, 5.41) is 3.45. The molecule has 1 aromatic rings. The Kier molecular flexibility index (Phi) is 3.78. The van der Waals surface area contributed by atoms with Crippen molar-refractivity contribution >= 4 is 5.69 Å². The van der Waals surface area contributed by atoms with E-state index in [1.54, 1.807) is 12.1 Å². The van der Waals surface area contributed by atoms with Gasteiger partial charge in [-0.3, -0.25) is 0 Å². The van der Waals surface area contributed by atoms with Crippen molar-refractivity contribution in [2.45, 2.75) is 25.8 Å². The molecule has 1 aliphatic rings. The largest absolute Gasteiger partial charge is 0.382 e. The molecular formula is C13H18FNO. The lowest BCUT2D eigenvalue weighted by molar-refractivity contribution is 0.182. The molecule has 2 unspecified atom stereocenters. The van der Waals surface area contributed by atoms with E-state index < -0.39 is 0 Å². The van der Waals surface area contributed by atoms with Crippen LogP contribution in [0.15, 0.2) is 24.3 Å². The van der Waals surface area contributed by atoms with Crippen LogP contribution in [-0.2, 0) is 4.74 Å². The minimum Gasteiger partial charge on any atom is -0.382 e. The minimum atomic E-state index is -0.192. The molecule has 2 atom stereocenters. The molecule has 88 valence electrons. The smallest absolute Gasteiger partial charge is 0.123 e. The number of anilines is 1. The van der Waals surface area contributed by atoms with E-state index in [4.69, 9.17) is 4.74 Å². The summed E-state index contributed by atoms with van der Waals surface area (Å²) in [6, 6.07) is 6.97. The van der Waals surface area contributed by atoms with E-state index in [1.165, 1.54) is 12.1 Å². The van der Waals surface area contributed by atoms with E-state index >= 15 is 0 Å². The average molecular weight is 223 g/mol. The molecule has 0 aromatic heterocycles. The number of ether oxygens (including phenoxy) is 1. The average Bonchev–Trinajstić information content (AvgIpc) is 2.82. The first-order valence-corrected chi connectivity index (χ1v) is 5.89. The molecule has 1 heterocycles. The van der Waals surface area contributed by atoms with Crippen LogP contribution in [0.5, 0.6) is 0 Å². The predicted molar refractivity (Wildman–Crippen MR) is 63.0 cm³/mol. The molecule has 0 bridgehead atoms. The van der Waals surface area contributed by atoms with Crippen LogP contribution in [0.2, 0.25) is 0 Å². The highest BCUT2D eigenvalue weighted by atomic mass is 19.1. The highest BCUT2D eigenvalue weighted by molar-refractivity contribution is 5.43. The number of hydrogen-bond donors (Lipinski definition) is 1.